The van der Waals surface area contributed by atoms with Gasteiger partial charge in [-0.1, -0.05) is 27.7 Å². The summed E-state index contributed by atoms with van der Waals surface area (Å²) in [5, 5.41) is 2.88. The number of rotatable bonds is 5. The number of hydrogen-bond acceptors (Lipinski definition) is 2. The number of halogens is 1. The molecular weight excluding hydrogens is 266 g/mol. The molecule has 1 unspecified atom stereocenters. The van der Waals surface area contributed by atoms with Crippen LogP contribution in [-0.4, -0.2) is 17.8 Å². The molecule has 0 bridgehead atoms. The van der Waals surface area contributed by atoms with Crippen LogP contribution < -0.4 is 5.32 Å². The van der Waals surface area contributed by atoms with Crippen molar-refractivity contribution in [2.45, 2.75) is 45.9 Å². The summed E-state index contributed by atoms with van der Waals surface area (Å²) in [5.74, 6) is -0.0146. The topological polar surface area (TPSA) is 29.1 Å². The molecule has 0 aliphatic carbocycles. The first-order valence-electron chi connectivity index (χ1n) is 6.33. The highest BCUT2D eigenvalue weighted by molar-refractivity contribution is 7.14. The monoisotopic (exact) mass is 287 g/mol. The van der Waals surface area contributed by atoms with Gasteiger partial charge in [0, 0.05) is 11.4 Å². The van der Waals surface area contributed by atoms with Gasteiger partial charge < -0.3 is 5.32 Å². The number of carbonyl (C=O) groups excluding carboxylic acids is 1. The van der Waals surface area contributed by atoms with Crippen LogP contribution in [0.5, 0.6) is 0 Å². The van der Waals surface area contributed by atoms with Crippen molar-refractivity contribution in [3.8, 4) is 0 Å². The lowest BCUT2D eigenvalue weighted by Crippen LogP contribution is -2.31. The van der Waals surface area contributed by atoms with Crippen molar-refractivity contribution in [2.24, 2.45) is 5.41 Å². The van der Waals surface area contributed by atoms with Crippen LogP contribution in [0.1, 0.15) is 48.7 Å². The quantitative estimate of drug-likeness (QED) is 0.812. The van der Waals surface area contributed by atoms with E-state index in [1.165, 1.54) is 4.88 Å². The molecule has 0 aliphatic heterocycles. The smallest absolute Gasteiger partial charge is 0.261 e. The van der Waals surface area contributed by atoms with Crippen LogP contribution in [-0.2, 0) is 6.42 Å². The van der Waals surface area contributed by atoms with Crippen molar-refractivity contribution in [1.29, 1.82) is 0 Å². The highest BCUT2D eigenvalue weighted by atomic mass is 35.5. The van der Waals surface area contributed by atoms with E-state index in [1.54, 1.807) is 11.3 Å². The van der Waals surface area contributed by atoms with E-state index in [9.17, 15) is 4.79 Å². The van der Waals surface area contributed by atoms with E-state index in [4.69, 9.17) is 11.6 Å². The van der Waals surface area contributed by atoms with Crippen molar-refractivity contribution < 1.29 is 4.79 Å². The van der Waals surface area contributed by atoms with Gasteiger partial charge in [0.05, 0.1) is 10.3 Å². The molecule has 1 atom stereocenters. The highest BCUT2D eigenvalue weighted by Crippen LogP contribution is 2.23. The minimum absolute atomic E-state index is 0.0143. The maximum atomic E-state index is 11.9. The maximum Gasteiger partial charge on any atom is 0.261 e. The average molecular weight is 288 g/mol. The van der Waals surface area contributed by atoms with E-state index in [2.05, 4.69) is 33.0 Å². The van der Waals surface area contributed by atoms with Gasteiger partial charge in [-0.2, -0.15) is 0 Å². The third-order valence-electron chi connectivity index (χ3n) is 2.55. The zero-order valence-electron chi connectivity index (χ0n) is 11.5. The minimum atomic E-state index is -0.0146. The normalized spacial score (nSPS) is 13.4. The Balaban J connectivity index is 2.41. The van der Waals surface area contributed by atoms with Gasteiger partial charge in [-0.3, -0.25) is 4.79 Å². The largest absolute Gasteiger partial charge is 0.350 e. The Labute approximate surface area is 119 Å². The van der Waals surface area contributed by atoms with E-state index < -0.39 is 0 Å². The van der Waals surface area contributed by atoms with Gasteiger partial charge in [0.1, 0.15) is 0 Å². The van der Waals surface area contributed by atoms with E-state index in [-0.39, 0.29) is 16.7 Å². The molecule has 0 fully saturated rings. The average Bonchev–Trinajstić information content (AvgIpc) is 2.72. The molecule has 18 heavy (non-hydrogen) atoms. The molecule has 102 valence electrons. The molecule has 2 nitrogen and oxygen atoms in total. The molecule has 0 radical (unpaired) electrons. The van der Waals surface area contributed by atoms with Crippen LogP contribution in [0, 0.1) is 5.41 Å². The number of alkyl halides is 1. The Morgan fingerprint density at radius 1 is 1.44 bits per heavy atom. The zero-order chi connectivity index (χ0) is 13.8. The molecule has 0 spiro atoms. The van der Waals surface area contributed by atoms with Crippen molar-refractivity contribution in [3.05, 3.63) is 21.9 Å². The second-order valence-corrected chi connectivity index (χ2v) is 7.48. The fourth-order valence-electron chi connectivity index (χ4n) is 1.72. The lowest BCUT2D eigenvalue weighted by atomic mass is 9.90. The molecule has 1 amide bonds. The molecule has 0 aromatic carbocycles. The van der Waals surface area contributed by atoms with Gasteiger partial charge in [-0.05, 0) is 30.4 Å². The first-order valence-corrected chi connectivity index (χ1v) is 7.58. The predicted molar refractivity (Wildman–Crippen MR) is 79.7 cm³/mol. The van der Waals surface area contributed by atoms with Gasteiger partial charge >= 0.3 is 0 Å². The molecule has 4 heteroatoms. The Morgan fingerprint density at radius 3 is 2.61 bits per heavy atom. The van der Waals surface area contributed by atoms with Gasteiger partial charge in [-0.15, -0.1) is 22.9 Å². The van der Waals surface area contributed by atoms with Gasteiger partial charge in [0.25, 0.3) is 5.91 Å². The number of nitrogens with one attached hydrogen (secondary N) is 1. The van der Waals surface area contributed by atoms with Gasteiger partial charge in [-0.25, -0.2) is 0 Å². The summed E-state index contributed by atoms with van der Waals surface area (Å²) in [4.78, 5) is 13.9. The van der Waals surface area contributed by atoms with Crippen LogP contribution in [0.2, 0.25) is 0 Å². The summed E-state index contributed by atoms with van der Waals surface area (Å²) in [6.07, 6.45) is 1.86. The summed E-state index contributed by atoms with van der Waals surface area (Å²) < 4.78 is 0. The second-order valence-electron chi connectivity index (χ2n) is 5.69. The fraction of sp³-hybridized carbons (Fsp3) is 0.643. The maximum absolute atomic E-state index is 11.9. The number of carbonyl (C=O) groups is 1. The van der Waals surface area contributed by atoms with Gasteiger partial charge in [0.15, 0.2) is 0 Å². The van der Waals surface area contributed by atoms with Crippen molar-refractivity contribution >= 4 is 28.8 Å². The van der Waals surface area contributed by atoms with E-state index in [0.717, 1.165) is 17.7 Å². The Kier molecular flexibility index (Phi) is 5.67. The fourth-order valence-corrected chi connectivity index (χ4v) is 3.12. The molecule has 1 N–H and O–H groups in total. The SMILES string of the molecule is CCc1ccc(C(=O)NCC(Cl)CC(C)(C)C)s1. The zero-order valence-corrected chi connectivity index (χ0v) is 13.1. The second kappa shape index (κ2) is 6.58. The molecule has 0 aliphatic rings. The number of hydrogen-bond donors (Lipinski definition) is 1. The van der Waals surface area contributed by atoms with E-state index >= 15 is 0 Å². The number of thiophene rings is 1. The standard InChI is InChI=1S/C14H22ClNOS/c1-5-11-6-7-12(18-11)13(17)16-9-10(15)8-14(2,3)4/h6-7,10H,5,8-9H2,1-4H3,(H,16,17). The third-order valence-corrected chi connectivity index (χ3v) is 4.09. The lowest BCUT2D eigenvalue weighted by molar-refractivity contribution is 0.0956. The first kappa shape index (κ1) is 15.5. The Morgan fingerprint density at radius 2 is 2.11 bits per heavy atom. The van der Waals surface area contributed by atoms with Crippen LogP contribution >= 0.6 is 22.9 Å². The van der Waals surface area contributed by atoms with Crippen LogP contribution in [0.15, 0.2) is 12.1 Å². The van der Waals surface area contributed by atoms with Crippen molar-refractivity contribution in [1.82, 2.24) is 5.32 Å². The predicted octanol–water partition coefficient (Wildman–Crippen LogP) is 4.08. The molecule has 0 saturated heterocycles. The summed E-state index contributed by atoms with van der Waals surface area (Å²) in [5.41, 5.74) is 0.190. The van der Waals surface area contributed by atoms with Gasteiger partial charge in [0.2, 0.25) is 0 Å². The van der Waals surface area contributed by atoms with Crippen molar-refractivity contribution in [2.75, 3.05) is 6.54 Å². The van der Waals surface area contributed by atoms with Crippen LogP contribution in [0.25, 0.3) is 0 Å². The summed E-state index contributed by atoms with van der Waals surface area (Å²) >= 11 is 7.77. The van der Waals surface area contributed by atoms with E-state index in [1.807, 2.05) is 12.1 Å². The van der Waals surface area contributed by atoms with Crippen molar-refractivity contribution in [3.63, 3.8) is 0 Å². The number of amides is 1. The number of aryl methyl sites for hydroxylation is 1. The minimum Gasteiger partial charge on any atom is -0.350 e. The first-order chi connectivity index (χ1) is 8.31. The molecule has 1 aromatic heterocycles. The molecular formula is C14H22ClNOS. The summed E-state index contributed by atoms with van der Waals surface area (Å²) in [6, 6.07) is 3.89. The molecule has 1 heterocycles. The van der Waals surface area contributed by atoms with E-state index in [0.29, 0.717) is 6.54 Å². The Hall–Kier alpha value is -0.540. The Bertz CT molecular complexity index is 395. The summed E-state index contributed by atoms with van der Waals surface area (Å²) in [7, 11) is 0. The van der Waals surface area contributed by atoms with Crippen LogP contribution in [0.3, 0.4) is 0 Å². The highest BCUT2D eigenvalue weighted by Gasteiger charge is 2.18. The molecule has 1 aromatic rings. The summed E-state index contributed by atoms with van der Waals surface area (Å²) in [6.45, 7) is 9.06. The molecule has 1 rings (SSSR count). The van der Waals surface area contributed by atoms with Crippen LogP contribution in [0.4, 0.5) is 0 Å². The molecule has 0 saturated carbocycles. The lowest BCUT2D eigenvalue weighted by Gasteiger charge is -2.21. The third kappa shape index (κ3) is 5.40.